The van der Waals surface area contributed by atoms with E-state index in [0.29, 0.717) is 11.6 Å². The monoisotopic (exact) mass is 285 g/mol. The van der Waals surface area contributed by atoms with Gasteiger partial charge in [-0.25, -0.2) is 5.48 Å². The van der Waals surface area contributed by atoms with Crippen molar-refractivity contribution in [2.45, 2.75) is 38.7 Å². The van der Waals surface area contributed by atoms with E-state index >= 15 is 0 Å². The predicted molar refractivity (Wildman–Crippen MR) is 74.4 cm³/mol. The molecule has 5 heteroatoms. The van der Waals surface area contributed by atoms with Crippen LogP contribution in [0, 0.1) is 0 Å². The quantitative estimate of drug-likeness (QED) is 0.570. The summed E-state index contributed by atoms with van der Waals surface area (Å²) in [7, 11) is 0. The molecule has 0 saturated heterocycles. The van der Waals surface area contributed by atoms with Gasteiger partial charge in [0.1, 0.15) is 0 Å². The molecular weight excluding hydrogens is 266 g/mol. The molecule has 0 radical (unpaired) electrons. The molecule has 0 saturated carbocycles. The molecule has 0 fully saturated rings. The van der Waals surface area contributed by atoms with Gasteiger partial charge in [0.15, 0.2) is 0 Å². The Kier molecular flexibility index (Phi) is 7.48. The first-order chi connectivity index (χ1) is 9.15. The van der Waals surface area contributed by atoms with Crippen LogP contribution < -0.4 is 5.48 Å². The molecule has 0 aliphatic carbocycles. The fraction of sp³-hybridized carbons (Fsp3) is 0.500. The van der Waals surface area contributed by atoms with E-state index in [1.54, 1.807) is 5.48 Å². The van der Waals surface area contributed by atoms with Crippen LogP contribution in [-0.4, -0.2) is 23.8 Å². The van der Waals surface area contributed by atoms with Gasteiger partial charge < -0.3 is 4.74 Å². The fourth-order valence-electron chi connectivity index (χ4n) is 1.76. The minimum Gasteiger partial charge on any atom is -0.378 e. The molecule has 2 N–H and O–H groups in total. The normalized spacial score (nSPS) is 12.2. The first kappa shape index (κ1) is 16.0. The molecular formula is C14H20ClNO3. The molecule has 1 aromatic carbocycles. The Labute approximate surface area is 118 Å². The van der Waals surface area contributed by atoms with Crippen LogP contribution >= 0.6 is 11.6 Å². The van der Waals surface area contributed by atoms with Crippen LogP contribution in [0.25, 0.3) is 0 Å². The third-order valence-electron chi connectivity index (χ3n) is 2.76. The number of amides is 1. The Balaban J connectivity index is 2.46. The maximum Gasteiger partial charge on any atom is 0.245 e. The van der Waals surface area contributed by atoms with Crippen molar-refractivity contribution < 1.29 is 14.7 Å². The Morgan fingerprint density at radius 1 is 1.42 bits per heavy atom. The molecule has 0 bridgehead atoms. The van der Waals surface area contributed by atoms with Crippen LogP contribution in [-0.2, 0) is 16.0 Å². The Morgan fingerprint density at radius 3 is 2.68 bits per heavy atom. The van der Waals surface area contributed by atoms with Gasteiger partial charge in [0.05, 0.1) is 12.5 Å². The molecule has 106 valence electrons. The van der Waals surface area contributed by atoms with Crippen LogP contribution in [0.4, 0.5) is 0 Å². The van der Waals surface area contributed by atoms with Gasteiger partial charge in [0.25, 0.3) is 0 Å². The molecule has 1 atom stereocenters. The number of hydroxylamine groups is 1. The van der Waals surface area contributed by atoms with Gasteiger partial charge in [-0.15, -0.1) is 0 Å². The van der Waals surface area contributed by atoms with Crippen molar-refractivity contribution >= 4 is 17.5 Å². The zero-order chi connectivity index (χ0) is 14.1. The average Bonchev–Trinajstić information content (AvgIpc) is 2.43. The standard InChI is InChI=1S/C14H20ClNO3/c1-2-9-19-13(10-14(17)16-18)8-5-11-3-6-12(15)7-4-11/h3-4,6-7,13,18H,2,5,8-10H2,1H3,(H,16,17). The Morgan fingerprint density at radius 2 is 2.11 bits per heavy atom. The van der Waals surface area contributed by atoms with Crippen LogP contribution in [0.1, 0.15) is 31.7 Å². The van der Waals surface area contributed by atoms with Gasteiger partial charge in [-0.2, -0.15) is 0 Å². The molecule has 1 unspecified atom stereocenters. The summed E-state index contributed by atoms with van der Waals surface area (Å²) in [6, 6.07) is 7.62. The highest BCUT2D eigenvalue weighted by atomic mass is 35.5. The van der Waals surface area contributed by atoms with Crippen molar-refractivity contribution in [1.82, 2.24) is 5.48 Å². The van der Waals surface area contributed by atoms with Crippen molar-refractivity contribution in [3.8, 4) is 0 Å². The number of benzene rings is 1. The van der Waals surface area contributed by atoms with Gasteiger partial charge in [-0.1, -0.05) is 30.7 Å². The van der Waals surface area contributed by atoms with Crippen molar-refractivity contribution in [1.29, 1.82) is 0 Å². The van der Waals surface area contributed by atoms with Gasteiger partial charge in [-0.05, 0) is 37.0 Å². The number of rotatable bonds is 8. The lowest BCUT2D eigenvalue weighted by atomic mass is 10.0. The average molecular weight is 286 g/mol. The predicted octanol–water partition coefficient (Wildman–Crippen LogP) is 2.96. The fourth-order valence-corrected chi connectivity index (χ4v) is 1.89. The second-order valence-corrected chi connectivity index (χ2v) is 4.83. The van der Waals surface area contributed by atoms with Gasteiger partial charge in [0, 0.05) is 11.6 Å². The van der Waals surface area contributed by atoms with Crippen molar-refractivity contribution in [2.75, 3.05) is 6.61 Å². The van der Waals surface area contributed by atoms with E-state index in [9.17, 15) is 4.79 Å². The van der Waals surface area contributed by atoms with E-state index in [-0.39, 0.29) is 12.5 Å². The summed E-state index contributed by atoms with van der Waals surface area (Å²) in [6.45, 7) is 2.63. The summed E-state index contributed by atoms with van der Waals surface area (Å²) >= 11 is 5.83. The summed E-state index contributed by atoms with van der Waals surface area (Å²) < 4.78 is 5.61. The lowest BCUT2D eigenvalue weighted by Crippen LogP contribution is -2.26. The second-order valence-electron chi connectivity index (χ2n) is 4.40. The molecule has 4 nitrogen and oxygen atoms in total. The SMILES string of the molecule is CCCOC(CCc1ccc(Cl)cc1)CC(=O)NO. The number of carbonyl (C=O) groups is 1. The maximum absolute atomic E-state index is 11.2. The Hall–Kier alpha value is -1.10. The molecule has 0 aliphatic rings. The largest absolute Gasteiger partial charge is 0.378 e. The zero-order valence-corrected chi connectivity index (χ0v) is 11.8. The number of ether oxygens (including phenoxy) is 1. The molecule has 1 amide bonds. The van der Waals surface area contributed by atoms with E-state index in [1.165, 1.54) is 0 Å². The number of halogens is 1. The topological polar surface area (TPSA) is 58.6 Å². The lowest BCUT2D eigenvalue weighted by molar-refractivity contribution is -0.132. The van der Waals surface area contributed by atoms with Crippen LogP contribution in [0.2, 0.25) is 5.02 Å². The highest BCUT2D eigenvalue weighted by Crippen LogP contribution is 2.14. The summed E-state index contributed by atoms with van der Waals surface area (Å²) in [5.41, 5.74) is 2.79. The van der Waals surface area contributed by atoms with E-state index in [1.807, 2.05) is 31.2 Å². The highest BCUT2D eigenvalue weighted by molar-refractivity contribution is 6.30. The molecule has 19 heavy (non-hydrogen) atoms. The minimum atomic E-state index is -0.419. The Bertz CT molecular complexity index is 381. The first-order valence-electron chi connectivity index (χ1n) is 6.44. The molecule has 0 heterocycles. The lowest BCUT2D eigenvalue weighted by Gasteiger charge is -2.16. The third kappa shape index (κ3) is 6.57. The zero-order valence-electron chi connectivity index (χ0n) is 11.1. The highest BCUT2D eigenvalue weighted by Gasteiger charge is 2.14. The number of aryl methyl sites for hydroxylation is 1. The molecule has 0 aromatic heterocycles. The number of carbonyl (C=O) groups excluding carboxylic acids is 1. The van der Waals surface area contributed by atoms with Crippen molar-refractivity contribution in [3.63, 3.8) is 0 Å². The smallest absolute Gasteiger partial charge is 0.245 e. The van der Waals surface area contributed by atoms with Gasteiger partial charge >= 0.3 is 0 Å². The maximum atomic E-state index is 11.2. The third-order valence-corrected chi connectivity index (χ3v) is 3.02. The number of nitrogens with one attached hydrogen (secondary N) is 1. The van der Waals surface area contributed by atoms with Crippen molar-refractivity contribution in [3.05, 3.63) is 34.9 Å². The summed E-state index contributed by atoms with van der Waals surface area (Å²) in [5, 5.41) is 9.27. The van der Waals surface area contributed by atoms with E-state index in [2.05, 4.69) is 0 Å². The van der Waals surface area contributed by atoms with E-state index in [4.69, 9.17) is 21.5 Å². The summed E-state index contributed by atoms with van der Waals surface area (Å²) in [5.74, 6) is -0.419. The van der Waals surface area contributed by atoms with Gasteiger partial charge in [-0.3, -0.25) is 10.0 Å². The molecule has 1 rings (SSSR count). The molecule has 1 aromatic rings. The number of hydrogen-bond acceptors (Lipinski definition) is 3. The summed E-state index contributed by atoms with van der Waals surface area (Å²) in [4.78, 5) is 11.2. The molecule has 0 spiro atoms. The minimum absolute atomic E-state index is 0.171. The van der Waals surface area contributed by atoms with Crippen molar-refractivity contribution in [2.24, 2.45) is 0 Å². The first-order valence-corrected chi connectivity index (χ1v) is 6.82. The summed E-state index contributed by atoms with van der Waals surface area (Å²) in [6.07, 6.45) is 2.43. The van der Waals surface area contributed by atoms with E-state index < -0.39 is 5.91 Å². The second kappa shape index (κ2) is 8.91. The van der Waals surface area contributed by atoms with Crippen LogP contribution in [0.15, 0.2) is 24.3 Å². The van der Waals surface area contributed by atoms with Crippen LogP contribution in [0.3, 0.4) is 0 Å². The van der Waals surface area contributed by atoms with E-state index in [0.717, 1.165) is 24.8 Å². The molecule has 0 aliphatic heterocycles. The number of hydrogen-bond donors (Lipinski definition) is 2. The van der Waals surface area contributed by atoms with Crippen LogP contribution in [0.5, 0.6) is 0 Å². The van der Waals surface area contributed by atoms with Gasteiger partial charge in [0.2, 0.25) is 5.91 Å².